The predicted molar refractivity (Wildman–Crippen MR) is 68.3 cm³/mol. The Morgan fingerprint density at radius 2 is 2.06 bits per heavy atom. The Balaban J connectivity index is 2.46. The van der Waals surface area contributed by atoms with Crippen molar-refractivity contribution in [1.29, 1.82) is 0 Å². The number of amides is 2. The summed E-state index contributed by atoms with van der Waals surface area (Å²) in [5.41, 5.74) is 3.19. The number of urea groups is 1. The van der Waals surface area contributed by atoms with E-state index in [0.29, 0.717) is 12.4 Å². The van der Waals surface area contributed by atoms with Gasteiger partial charge in [-0.05, 0) is 43.5 Å². The average molecular weight is 241 g/mol. The molecule has 0 unspecified atom stereocenters. The molecule has 0 aliphatic carbocycles. The molecule has 2 N–H and O–H groups in total. The van der Waals surface area contributed by atoms with Crippen LogP contribution in [0.25, 0.3) is 0 Å². The van der Waals surface area contributed by atoms with Crippen LogP contribution in [0.2, 0.25) is 0 Å². The molecule has 1 aromatic carbocycles. The van der Waals surface area contributed by atoms with E-state index >= 15 is 0 Å². The Morgan fingerprint density at radius 1 is 1.31 bits per heavy atom. The number of aryl methyl sites for hydroxylation is 2. The lowest BCUT2D eigenvalue weighted by Crippen LogP contribution is -2.29. The van der Waals surface area contributed by atoms with Gasteiger partial charge in [-0.15, -0.1) is 11.6 Å². The van der Waals surface area contributed by atoms with E-state index in [2.05, 4.69) is 10.6 Å². The summed E-state index contributed by atoms with van der Waals surface area (Å²) in [5, 5.41) is 5.51. The molecule has 0 radical (unpaired) electrons. The largest absolute Gasteiger partial charge is 0.338 e. The van der Waals surface area contributed by atoms with E-state index in [1.807, 2.05) is 32.0 Å². The molecule has 0 saturated carbocycles. The Kier molecular flexibility index (Phi) is 5.12. The summed E-state index contributed by atoms with van der Waals surface area (Å²) in [7, 11) is 0. The third kappa shape index (κ3) is 4.11. The summed E-state index contributed by atoms with van der Waals surface area (Å²) in [4.78, 5) is 11.4. The first-order valence-corrected chi connectivity index (χ1v) is 5.85. The van der Waals surface area contributed by atoms with E-state index in [1.165, 1.54) is 11.1 Å². The molecule has 88 valence electrons. The van der Waals surface area contributed by atoms with Crippen LogP contribution in [-0.4, -0.2) is 18.5 Å². The second kappa shape index (κ2) is 6.38. The first kappa shape index (κ1) is 12.8. The molecule has 0 aromatic heterocycles. The van der Waals surface area contributed by atoms with Gasteiger partial charge >= 0.3 is 6.03 Å². The highest BCUT2D eigenvalue weighted by Gasteiger charge is 2.01. The van der Waals surface area contributed by atoms with Crippen molar-refractivity contribution in [3.63, 3.8) is 0 Å². The normalized spacial score (nSPS) is 9.94. The van der Waals surface area contributed by atoms with E-state index in [-0.39, 0.29) is 6.03 Å². The predicted octanol–water partition coefficient (Wildman–Crippen LogP) is 3.05. The van der Waals surface area contributed by atoms with Crippen LogP contribution in [0.15, 0.2) is 18.2 Å². The number of alkyl halides is 1. The second-order valence-corrected chi connectivity index (χ2v) is 4.10. The first-order chi connectivity index (χ1) is 7.63. The lowest BCUT2D eigenvalue weighted by atomic mass is 10.1. The molecular weight excluding hydrogens is 224 g/mol. The molecule has 4 heteroatoms. The highest BCUT2D eigenvalue weighted by molar-refractivity contribution is 6.17. The number of anilines is 1. The SMILES string of the molecule is Cc1ccc(NC(=O)NCCCCl)cc1C. The molecule has 16 heavy (non-hydrogen) atoms. The van der Waals surface area contributed by atoms with Gasteiger partial charge < -0.3 is 10.6 Å². The highest BCUT2D eigenvalue weighted by atomic mass is 35.5. The maximum atomic E-state index is 11.4. The van der Waals surface area contributed by atoms with Crippen LogP contribution in [0.4, 0.5) is 10.5 Å². The van der Waals surface area contributed by atoms with Crippen LogP contribution in [-0.2, 0) is 0 Å². The maximum absolute atomic E-state index is 11.4. The van der Waals surface area contributed by atoms with Crippen LogP contribution in [0.3, 0.4) is 0 Å². The third-order valence-electron chi connectivity index (χ3n) is 2.36. The molecule has 3 nitrogen and oxygen atoms in total. The van der Waals surface area contributed by atoms with Gasteiger partial charge in [0.15, 0.2) is 0 Å². The molecule has 2 amide bonds. The molecule has 0 fully saturated rings. The molecule has 0 atom stereocenters. The van der Waals surface area contributed by atoms with Crippen molar-refractivity contribution in [1.82, 2.24) is 5.32 Å². The Labute approximate surface area is 101 Å². The molecule has 0 aliphatic heterocycles. The minimum Gasteiger partial charge on any atom is -0.338 e. The summed E-state index contributed by atoms with van der Waals surface area (Å²) < 4.78 is 0. The monoisotopic (exact) mass is 240 g/mol. The van der Waals surface area contributed by atoms with E-state index in [0.717, 1.165) is 12.1 Å². The third-order valence-corrected chi connectivity index (χ3v) is 2.63. The van der Waals surface area contributed by atoms with Gasteiger partial charge in [-0.3, -0.25) is 0 Å². The van der Waals surface area contributed by atoms with Crippen LogP contribution < -0.4 is 10.6 Å². The summed E-state index contributed by atoms with van der Waals surface area (Å²) >= 11 is 5.51. The summed E-state index contributed by atoms with van der Waals surface area (Å²) in [5.74, 6) is 0.559. The van der Waals surface area contributed by atoms with Crippen molar-refractivity contribution in [3.05, 3.63) is 29.3 Å². The standard InChI is InChI=1S/C12H17ClN2O/c1-9-4-5-11(8-10(9)2)15-12(16)14-7-3-6-13/h4-5,8H,3,6-7H2,1-2H3,(H2,14,15,16). The van der Waals surface area contributed by atoms with E-state index < -0.39 is 0 Å². The number of halogens is 1. The van der Waals surface area contributed by atoms with E-state index in [9.17, 15) is 4.79 Å². The molecular formula is C12H17ClN2O. The Bertz CT molecular complexity index is 366. The first-order valence-electron chi connectivity index (χ1n) is 5.31. The van der Waals surface area contributed by atoms with Gasteiger partial charge in [-0.1, -0.05) is 6.07 Å². The van der Waals surface area contributed by atoms with Crippen molar-refractivity contribution in [2.24, 2.45) is 0 Å². The molecule has 1 rings (SSSR count). The molecule has 0 heterocycles. The number of carbonyl (C=O) groups is 1. The number of hydrogen-bond donors (Lipinski definition) is 2. The van der Waals surface area contributed by atoms with Crippen molar-refractivity contribution in [2.45, 2.75) is 20.3 Å². The maximum Gasteiger partial charge on any atom is 0.319 e. The number of carbonyl (C=O) groups excluding carboxylic acids is 1. The molecule has 0 spiro atoms. The van der Waals surface area contributed by atoms with Crippen molar-refractivity contribution < 1.29 is 4.79 Å². The van der Waals surface area contributed by atoms with Crippen LogP contribution >= 0.6 is 11.6 Å². The van der Waals surface area contributed by atoms with Gasteiger partial charge in [0.05, 0.1) is 0 Å². The molecule has 0 bridgehead atoms. The number of nitrogens with one attached hydrogen (secondary N) is 2. The van der Waals surface area contributed by atoms with Crippen LogP contribution in [0.5, 0.6) is 0 Å². The molecule has 0 saturated heterocycles. The topological polar surface area (TPSA) is 41.1 Å². The zero-order chi connectivity index (χ0) is 12.0. The minimum atomic E-state index is -0.187. The smallest absolute Gasteiger partial charge is 0.319 e. The Hall–Kier alpha value is -1.22. The second-order valence-electron chi connectivity index (χ2n) is 3.72. The van der Waals surface area contributed by atoms with Gasteiger partial charge in [0, 0.05) is 18.1 Å². The number of benzene rings is 1. The van der Waals surface area contributed by atoms with Crippen molar-refractivity contribution >= 4 is 23.3 Å². The van der Waals surface area contributed by atoms with Crippen LogP contribution in [0, 0.1) is 13.8 Å². The Morgan fingerprint density at radius 3 is 2.69 bits per heavy atom. The van der Waals surface area contributed by atoms with Gasteiger partial charge in [-0.25, -0.2) is 4.79 Å². The van der Waals surface area contributed by atoms with E-state index in [4.69, 9.17) is 11.6 Å². The molecule has 1 aromatic rings. The summed E-state index contributed by atoms with van der Waals surface area (Å²) in [6.07, 6.45) is 0.780. The minimum absolute atomic E-state index is 0.187. The summed E-state index contributed by atoms with van der Waals surface area (Å²) in [6.45, 7) is 4.66. The average Bonchev–Trinajstić information content (AvgIpc) is 2.24. The van der Waals surface area contributed by atoms with Crippen LogP contribution in [0.1, 0.15) is 17.5 Å². The summed E-state index contributed by atoms with van der Waals surface area (Å²) in [6, 6.07) is 5.65. The lowest BCUT2D eigenvalue weighted by Gasteiger charge is -2.08. The fourth-order valence-electron chi connectivity index (χ4n) is 1.26. The quantitative estimate of drug-likeness (QED) is 0.616. The van der Waals surface area contributed by atoms with Gasteiger partial charge in [0.25, 0.3) is 0 Å². The van der Waals surface area contributed by atoms with Gasteiger partial charge in [0.2, 0.25) is 0 Å². The van der Waals surface area contributed by atoms with Crippen molar-refractivity contribution in [3.8, 4) is 0 Å². The fourth-order valence-corrected chi connectivity index (χ4v) is 1.40. The van der Waals surface area contributed by atoms with Crippen molar-refractivity contribution in [2.75, 3.05) is 17.7 Å². The fraction of sp³-hybridized carbons (Fsp3) is 0.417. The van der Waals surface area contributed by atoms with E-state index in [1.54, 1.807) is 0 Å². The number of hydrogen-bond acceptors (Lipinski definition) is 1. The zero-order valence-electron chi connectivity index (χ0n) is 9.64. The lowest BCUT2D eigenvalue weighted by molar-refractivity contribution is 0.252. The highest BCUT2D eigenvalue weighted by Crippen LogP contribution is 2.13. The van der Waals surface area contributed by atoms with Gasteiger partial charge in [-0.2, -0.15) is 0 Å². The zero-order valence-corrected chi connectivity index (χ0v) is 10.4. The van der Waals surface area contributed by atoms with Gasteiger partial charge in [0.1, 0.15) is 0 Å². The molecule has 0 aliphatic rings. The number of rotatable bonds is 4.